The van der Waals surface area contributed by atoms with Crippen molar-refractivity contribution in [3.63, 3.8) is 0 Å². The number of nitrogens with zero attached hydrogens (tertiary/aromatic N) is 2. The number of aliphatic hydroxyl groups excluding tert-OH is 1. The molecule has 26 heavy (non-hydrogen) atoms. The summed E-state index contributed by atoms with van der Waals surface area (Å²) in [7, 11) is 0. The maximum absolute atomic E-state index is 14.3. The van der Waals surface area contributed by atoms with Crippen LogP contribution < -0.4 is 10.8 Å². The molecule has 0 aliphatic carbocycles. The lowest BCUT2D eigenvalue weighted by Gasteiger charge is -2.16. The van der Waals surface area contributed by atoms with Gasteiger partial charge in [-0.25, -0.2) is 14.9 Å². The fourth-order valence-electron chi connectivity index (χ4n) is 2.45. The molecule has 1 amide bonds. The third kappa shape index (κ3) is 3.62. The number of halogens is 2. The first kappa shape index (κ1) is 18.1. The van der Waals surface area contributed by atoms with Gasteiger partial charge in [0.1, 0.15) is 5.82 Å². The summed E-state index contributed by atoms with van der Waals surface area (Å²) in [6, 6.07) is 4.70. The highest BCUT2D eigenvalue weighted by molar-refractivity contribution is 6.35. The lowest BCUT2D eigenvalue weighted by atomic mass is 10.1. The number of imidazole rings is 1. The van der Waals surface area contributed by atoms with E-state index < -0.39 is 11.7 Å². The van der Waals surface area contributed by atoms with Crippen molar-refractivity contribution in [1.82, 2.24) is 14.9 Å². The van der Waals surface area contributed by atoms with Gasteiger partial charge in [0, 0.05) is 6.20 Å². The molecule has 9 heteroatoms. The van der Waals surface area contributed by atoms with Crippen molar-refractivity contribution < 1.29 is 19.1 Å². The number of fused-ring (bicyclic) bond motifs is 1. The number of nitrogens with one attached hydrogen (secondary N) is 2. The van der Waals surface area contributed by atoms with Crippen LogP contribution in [-0.4, -0.2) is 33.6 Å². The van der Waals surface area contributed by atoms with Crippen LogP contribution in [0.25, 0.3) is 5.52 Å². The van der Waals surface area contributed by atoms with Crippen LogP contribution in [0.2, 0.25) is 5.02 Å². The third-order valence-corrected chi connectivity index (χ3v) is 3.92. The van der Waals surface area contributed by atoms with Gasteiger partial charge in [-0.05, 0) is 24.6 Å². The van der Waals surface area contributed by atoms with Crippen molar-refractivity contribution in [2.45, 2.75) is 6.92 Å². The molecule has 7 nitrogen and oxygen atoms in total. The molecule has 2 aromatic heterocycles. The van der Waals surface area contributed by atoms with Crippen LogP contribution in [0.1, 0.15) is 15.9 Å². The highest BCUT2D eigenvalue weighted by atomic mass is 35.5. The molecule has 1 aromatic carbocycles. The second kappa shape index (κ2) is 7.69. The number of hydroxylamine groups is 1. The van der Waals surface area contributed by atoms with Gasteiger partial charge < -0.3 is 14.8 Å². The Labute approximate surface area is 153 Å². The summed E-state index contributed by atoms with van der Waals surface area (Å²) in [5.41, 5.74) is 4.03. The fraction of sp³-hybridized carbons (Fsp3) is 0.176. The van der Waals surface area contributed by atoms with Crippen LogP contribution in [0.15, 0.2) is 36.9 Å². The molecule has 0 aliphatic rings. The summed E-state index contributed by atoms with van der Waals surface area (Å²) in [6.45, 7) is 1.45. The van der Waals surface area contributed by atoms with Crippen LogP contribution >= 0.6 is 11.6 Å². The molecule has 0 bridgehead atoms. The number of benzene rings is 1. The maximum Gasteiger partial charge on any atom is 0.278 e. The van der Waals surface area contributed by atoms with Crippen molar-refractivity contribution in [1.29, 1.82) is 0 Å². The van der Waals surface area contributed by atoms with Crippen LogP contribution in [0.5, 0.6) is 0 Å². The molecule has 0 saturated carbocycles. The largest absolute Gasteiger partial charge is 0.394 e. The van der Waals surface area contributed by atoms with E-state index in [2.05, 4.69) is 15.8 Å². The summed E-state index contributed by atoms with van der Waals surface area (Å²) in [6.07, 6.45) is 4.56. The number of carbonyl (C=O) groups excluding carboxylic acids is 1. The Hall–Kier alpha value is -2.68. The normalized spacial score (nSPS) is 10.9. The Morgan fingerprint density at radius 3 is 3.00 bits per heavy atom. The number of rotatable bonds is 6. The number of anilines is 2. The van der Waals surface area contributed by atoms with Crippen LogP contribution in [0.4, 0.5) is 15.8 Å². The van der Waals surface area contributed by atoms with Gasteiger partial charge >= 0.3 is 0 Å². The van der Waals surface area contributed by atoms with E-state index in [4.69, 9.17) is 21.5 Å². The summed E-state index contributed by atoms with van der Waals surface area (Å²) >= 11 is 6.26. The molecular weight excluding hydrogens is 363 g/mol. The number of pyridine rings is 1. The quantitative estimate of drug-likeness (QED) is 0.453. The molecule has 3 rings (SSSR count). The average molecular weight is 379 g/mol. The Morgan fingerprint density at radius 2 is 2.27 bits per heavy atom. The highest BCUT2D eigenvalue weighted by Crippen LogP contribution is 2.32. The number of amides is 1. The Balaban J connectivity index is 2.07. The van der Waals surface area contributed by atoms with Crippen molar-refractivity contribution in [2.24, 2.45) is 0 Å². The van der Waals surface area contributed by atoms with Gasteiger partial charge in [0.15, 0.2) is 0 Å². The van der Waals surface area contributed by atoms with E-state index in [0.717, 1.165) is 5.56 Å². The van der Waals surface area contributed by atoms with Crippen LogP contribution in [0.3, 0.4) is 0 Å². The highest BCUT2D eigenvalue weighted by Gasteiger charge is 2.21. The van der Waals surface area contributed by atoms with Gasteiger partial charge in [-0.2, -0.15) is 0 Å². The maximum atomic E-state index is 14.3. The number of aryl methyl sites for hydroxylation is 1. The van der Waals surface area contributed by atoms with Gasteiger partial charge in [0.25, 0.3) is 5.91 Å². The predicted molar refractivity (Wildman–Crippen MR) is 95.1 cm³/mol. The minimum Gasteiger partial charge on any atom is -0.394 e. The fourth-order valence-corrected chi connectivity index (χ4v) is 2.74. The monoisotopic (exact) mass is 378 g/mol. The van der Waals surface area contributed by atoms with Crippen molar-refractivity contribution in [3.05, 3.63) is 58.9 Å². The number of hydrogen-bond acceptors (Lipinski definition) is 5. The van der Waals surface area contributed by atoms with E-state index >= 15 is 0 Å². The zero-order valence-corrected chi connectivity index (χ0v) is 14.5. The minimum absolute atomic E-state index is 0.0672. The van der Waals surface area contributed by atoms with E-state index in [0.29, 0.717) is 5.52 Å². The molecular formula is C17H16ClFN4O3. The van der Waals surface area contributed by atoms with Crippen molar-refractivity contribution in [2.75, 3.05) is 18.5 Å². The van der Waals surface area contributed by atoms with Gasteiger partial charge in [-0.3, -0.25) is 9.63 Å². The molecule has 3 aromatic rings. The molecule has 0 saturated heterocycles. The number of aliphatic hydroxyl groups is 1. The lowest BCUT2D eigenvalue weighted by molar-refractivity contribution is 0.0169. The topological polar surface area (TPSA) is 87.9 Å². The molecule has 0 spiro atoms. The van der Waals surface area contributed by atoms with E-state index in [9.17, 15) is 9.18 Å². The van der Waals surface area contributed by atoms with Crippen molar-refractivity contribution >= 4 is 34.4 Å². The Kier molecular flexibility index (Phi) is 5.36. The second-order valence-electron chi connectivity index (χ2n) is 5.52. The molecule has 0 atom stereocenters. The van der Waals surface area contributed by atoms with Crippen LogP contribution in [-0.2, 0) is 4.84 Å². The van der Waals surface area contributed by atoms with Gasteiger partial charge in [-0.1, -0.05) is 17.7 Å². The molecule has 0 fully saturated rings. The lowest BCUT2D eigenvalue weighted by Crippen LogP contribution is -2.26. The summed E-state index contributed by atoms with van der Waals surface area (Å²) in [4.78, 5) is 21.4. The molecule has 136 valence electrons. The standard InChI is InChI=1S/C17H16ClFN4O3/c1-10-2-3-13(12(19)6-10)21-16-14-7-20-9-23(14)8-11(18)15(16)17(25)22-26-5-4-24/h2-3,6-9,21,24H,4-5H2,1H3,(H,22,25). The second-order valence-corrected chi connectivity index (χ2v) is 5.93. The molecule has 0 aliphatic heterocycles. The first-order chi connectivity index (χ1) is 12.5. The Morgan fingerprint density at radius 1 is 1.46 bits per heavy atom. The van der Waals surface area contributed by atoms with Gasteiger partial charge in [0.2, 0.25) is 0 Å². The number of carbonyl (C=O) groups is 1. The van der Waals surface area contributed by atoms with Gasteiger partial charge in [0.05, 0.1) is 53.2 Å². The van der Waals surface area contributed by atoms with E-state index in [1.807, 2.05) is 0 Å². The third-order valence-electron chi connectivity index (χ3n) is 3.63. The summed E-state index contributed by atoms with van der Waals surface area (Å²) in [5.74, 6) is -1.10. The van der Waals surface area contributed by atoms with Gasteiger partial charge in [-0.15, -0.1) is 0 Å². The van der Waals surface area contributed by atoms with E-state index in [-0.39, 0.29) is 35.2 Å². The zero-order chi connectivity index (χ0) is 18.7. The molecule has 0 unspecified atom stereocenters. The van der Waals surface area contributed by atoms with E-state index in [1.165, 1.54) is 24.8 Å². The summed E-state index contributed by atoms with van der Waals surface area (Å²) < 4.78 is 15.9. The SMILES string of the molecule is Cc1ccc(Nc2c(C(=O)NOCCO)c(Cl)cn3cncc23)c(F)c1. The van der Waals surface area contributed by atoms with Crippen molar-refractivity contribution in [3.8, 4) is 0 Å². The molecule has 3 N–H and O–H groups in total. The first-order valence-corrected chi connectivity index (χ1v) is 8.09. The average Bonchev–Trinajstić information content (AvgIpc) is 3.05. The van der Waals surface area contributed by atoms with Crippen LogP contribution in [0, 0.1) is 12.7 Å². The minimum atomic E-state index is -0.637. The molecule has 2 heterocycles. The Bertz CT molecular complexity index is 961. The summed E-state index contributed by atoms with van der Waals surface area (Å²) in [5, 5.41) is 11.8. The predicted octanol–water partition coefficient (Wildman–Crippen LogP) is 2.83. The smallest absolute Gasteiger partial charge is 0.278 e. The molecule has 0 radical (unpaired) electrons. The van der Waals surface area contributed by atoms with E-state index in [1.54, 1.807) is 23.5 Å². The number of aromatic nitrogens is 2. The number of hydrogen-bond donors (Lipinski definition) is 3. The first-order valence-electron chi connectivity index (χ1n) is 7.71. The zero-order valence-electron chi connectivity index (χ0n) is 13.8.